The Labute approximate surface area is 96.1 Å². The number of nitrogens with two attached hydrogens (primary N) is 1. The normalized spacial score (nSPS) is 25.6. The number of methoxy groups -OCH3 is 2. The fourth-order valence-corrected chi connectivity index (χ4v) is 1.83. The van der Waals surface area contributed by atoms with Gasteiger partial charge in [0.05, 0.1) is 13.7 Å². The number of likely N-dealkylation sites (tertiary alicyclic amines) is 1. The Hall–Kier alpha value is -0.850. The number of hydrogen-bond acceptors (Lipinski definition) is 5. The summed E-state index contributed by atoms with van der Waals surface area (Å²) in [5.41, 5.74) is 5.98. The molecule has 0 aliphatic carbocycles. The van der Waals surface area contributed by atoms with Crippen LogP contribution in [-0.2, 0) is 9.47 Å². The Bertz CT molecular complexity index is 225. The zero-order valence-corrected chi connectivity index (χ0v) is 9.94. The third-order valence-corrected chi connectivity index (χ3v) is 2.81. The number of rotatable bonds is 4. The van der Waals surface area contributed by atoms with Crippen LogP contribution in [0.2, 0.25) is 0 Å². The SMILES string of the molecule is COCCNC1CN(C(=O)OC)CCC1N. The van der Waals surface area contributed by atoms with E-state index in [2.05, 4.69) is 5.32 Å². The number of amides is 1. The van der Waals surface area contributed by atoms with E-state index in [1.54, 1.807) is 12.0 Å². The molecular formula is C10H21N3O3. The van der Waals surface area contributed by atoms with Gasteiger partial charge in [0, 0.05) is 38.8 Å². The molecule has 1 rings (SSSR count). The fourth-order valence-electron chi connectivity index (χ4n) is 1.83. The second-order valence-electron chi connectivity index (χ2n) is 3.92. The van der Waals surface area contributed by atoms with Crippen LogP contribution in [0, 0.1) is 0 Å². The third kappa shape index (κ3) is 3.62. The van der Waals surface area contributed by atoms with Gasteiger partial charge in [-0.3, -0.25) is 0 Å². The van der Waals surface area contributed by atoms with Crippen molar-refractivity contribution in [3.05, 3.63) is 0 Å². The first kappa shape index (κ1) is 13.2. The van der Waals surface area contributed by atoms with Gasteiger partial charge in [-0.25, -0.2) is 4.79 Å². The Morgan fingerprint density at radius 3 is 2.94 bits per heavy atom. The monoisotopic (exact) mass is 231 g/mol. The van der Waals surface area contributed by atoms with E-state index < -0.39 is 0 Å². The number of hydrogen-bond donors (Lipinski definition) is 2. The summed E-state index contributed by atoms with van der Waals surface area (Å²) >= 11 is 0. The molecule has 0 spiro atoms. The van der Waals surface area contributed by atoms with Gasteiger partial charge >= 0.3 is 6.09 Å². The van der Waals surface area contributed by atoms with Crippen molar-refractivity contribution in [2.24, 2.45) is 5.73 Å². The molecule has 0 bridgehead atoms. The number of carbonyl (C=O) groups excluding carboxylic acids is 1. The first-order valence-corrected chi connectivity index (χ1v) is 5.49. The summed E-state index contributed by atoms with van der Waals surface area (Å²) in [4.78, 5) is 13.0. The first-order chi connectivity index (χ1) is 7.69. The Kier molecular flexibility index (Phi) is 5.51. The lowest BCUT2D eigenvalue weighted by atomic mass is 10.0. The maximum atomic E-state index is 11.4. The topological polar surface area (TPSA) is 76.8 Å². The highest BCUT2D eigenvalue weighted by atomic mass is 16.5. The largest absolute Gasteiger partial charge is 0.453 e. The molecule has 0 aromatic rings. The summed E-state index contributed by atoms with van der Waals surface area (Å²) in [5, 5.41) is 3.28. The molecule has 6 nitrogen and oxygen atoms in total. The van der Waals surface area contributed by atoms with Gasteiger partial charge in [-0.15, -0.1) is 0 Å². The number of carbonyl (C=O) groups is 1. The summed E-state index contributed by atoms with van der Waals surface area (Å²) < 4.78 is 9.65. The molecule has 0 saturated carbocycles. The highest BCUT2D eigenvalue weighted by Gasteiger charge is 2.29. The Morgan fingerprint density at radius 1 is 1.56 bits per heavy atom. The van der Waals surface area contributed by atoms with E-state index in [4.69, 9.17) is 15.2 Å². The lowest BCUT2D eigenvalue weighted by Gasteiger charge is -2.36. The molecule has 94 valence electrons. The van der Waals surface area contributed by atoms with Crippen molar-refractivity contribution in [1.82, 2.24) is 10.2 Å². The lowest BCUT2D eigenvalue weighted by molar-refractivity contribution is 0.101. The van der Waals surface area contributed by atoms with Crippen LogP contribution >= 0.6 is 0 Å². The fraction of sp³-hybridized carbons (Fsp3) is 0.900. The van der Waals surface area contributed by atoms with Gasteiger partial charge in [0.1, 0.15) is 0 Å². The predicted molar refractivity (Wildman–Crippen MR) is 60.2 cm³/mol. The predicted octanol–water partition coefficient (Wildman–Crippen LogP) is -0.610. The second kappa shape index (κ2) is 6.67. The number of ether oxygens (including phenoxy) is 2. The van der Waals surface area contributed by atoms with Crippen LogP contribution in [0.25, 0.3) is 0 Å². The second-order valence-corrected chi connectivity index (χ2v) is 3.92. The molecule has 1 aliphatic rings. The van der Waals surface area contributed by atoms with E-state index in [0.717, 1.165) is 13.0 Å². The summed E-state index contributed by atoms with van der Waals surface area (Å²) in [6.07, 6.45) is 0.505. The van der Waals surface area contributed by atoms with E-state index in [9.17, 15) is 4.79 Å². The molecule has 16 heavy (non-hydrogen) atoms. The van der Waals surface area contributed by atoms with Crippen molar-refractivity contribution in [3.8, 4) is 0 Å². The van der Waals surface area contributed by atoms with Gasteiger partial charge in [0.2, 0.25) is 0 Å². The summed E-state index contributed by atoms with van der Waals surface area (Å²) in [5.74, 6) is 0. The molecule has 1 aliphatic heterocycles. The van der Waals surface area contributed by atoms with E-state index in [1.165, 1.54) is 7.11 Å². The molecule has 1 heterocycles. The van der Waals surface area contributed by atoms with Crippen molar-refractivity contribution in [3.63, 3.8) is 0 Å². The standard InChI is InChI=1S/C10H21N3O3/c1-15-6-4-12-9-7-13(10(14)16-2)5-3-8(9)11/h8-9,12H,3-7,11H2,1-2H3. The molecule has 0 aromatic heterocycles. The van der Waals surface area contributed by atoms with Crippen molar-refractivity contribution in [2.75, 3.05) is 40.5 Å². The zero-order chi connectivity index (χ0) is 12.0. The van der Waals surface area contributed by atoms with Crippen LogP contribution in [-0.4, -0.2) is 63.5 Å². The van der Waals surface area contributed by atoms with Crippen LogP contribution in [0.4, 0.5) is 4.79 Å². The summed E-state index contributed by atoms with van der Waals surface area (Å²) in [6.45, 7) is 2.64. The minimum Gasteiger partial charge on any atom is -0.453 e. The molecule has 1 amide bonds. The molecule has 1 fully saturated rings. The molecule has 0 aromatic carbocycles. The minimum atomic E-state index is -0.287. The quantitative estimate of drug-likeness (QED) is 0.631. The van der Waals surface area contributed by atoms with E-state index >= 15 is 0 Å². The van der Waals surface area contributed by atoms with Gasteiger partial charge in [0.15, 0.2) is 0 Å². The van der Waals surface area contributed by atoms with Crippen LogP contribution in [0.15, 0.2) is 0 Å². The van der Waals surface area contributed by atoms with Crippen molar-refractivity contribution >= 4 is 6.09 Å². The zero-order valence-electron chi connectivity index (χ0n) is 9.94. The van der Waals surface area contributed by atoms with Gasteiger partial charge in [0.25, 0.3) is 0 Å². The summed E-state index contributed by atoms with van der Waals surface area (Å²) in [7, 11) is 3.05. The van der Waals surface area contributed by atoms with E-state index in [0.29, 0.717) is 19.7 Å². The molecule has 2 unspecified atom stereocenters. The molecule has 2 atom stereocenters. The average Bonchev–Trinajstić information content (AvgIpc) is 2.31. The minimum absolute atomic E-state index is 0.0813. The smallest absolute Gasteiger partial charge is 0.409 e. The maximum Gasteiger partial charge on any atom is 0.409 e. The van der Waals surface area contributed by atoms with Crippen molar-refractivity contribution in [1.29, 1.82) is 0 Å². The van der Waals surface area contributed by atoms with Gasteiger partial charge in [-0.2, -0.15) is 0 Å². The molecule has 0 radical (unpaired) electrons. The van der Waals surface area contributed by atoms with Crippen molar-refractivity contribution in [2.45, 2.75) is 18.5 Å². The van der Waals surface area contributed by atoms with E-state index in [1.807, 2.05) is 0 Å². The summed E-state index contributed by atoms with van der Waals surface area (Å²) in [6, 6.07) is 0.195. The number of nitrogens with zero attached hydrogens (tertiary/aromatic N) is 1. The molecule has 3 N–H and O–H groups in total. The Morgan fingerprint density at radius 2 is 2.31 bits per heavy atom. The van der Waals surface area contributed by atoms with Gasteiger partial charge in [-0.05, 0) is 6.42 Å². The number of nitrogens with one attached hydrogen (secondary N) is 1. The van der Waals surface area contributed by atoms with Crippen molar-refractivity contribution < 1.29 is 14.3 Å². The highest BCUT2D eigenvalue weighted by molar-refractivity contribution is 5.67. The van der Waals surface area contributed by atoms with Crippen LogP contribution in [0.5, 0.6) is 0 Å². The Balaban J connectivity index is 2.39. The van der Waals surface area contributed by atoms with E-state index in [-0.39, 0.29) is 18.2 Å². The average molecular weight is 231 g/mol. The first-order valence-electron chi connectivity index (χ1n) is 5.49. The maximum absolute atomic E-state index is 11.4. The van der Waals surface area contributed by atoms with Crippen LogP contribution in [0.1, 0.15) is 6.42 Å². The molecule has 6 heteroatoms. The third-order valence-electron chi connectivity index (χ3n) is 2.81. The highest BCUT2D eigenvalue weighted by Crippen LogP contribution is 2.10. The molecule has 1 saturated heterocycles. The van der Waals surface area contributed by atoms with Crippen LogP contribution < -0.4 is 11.1 Å². The lowest BCUT2D eigenvalue weighted by Crippen LogP contribution is -2.58. The van der Waals surface area contributed by atoms with Gasteiger partial charge < -0.3 is 25.4 Å². The number of piperidine rings is 1. The van der Waals surface area contributed by atoms with Gasteiger partial charge in [-0.1, -0.05) is 0 Å². The molecular weight excluding hydrogens is 210 g/mol. The van der Waals surface area contributed by atoms with Crippen LogP contribution in [0.3, 0.4) is 0 Å².